The van der Waals surface area contributed by atoms with E-state index in [0.29, 0.717) is 0 Å². The third kappa shape index (κ3) is 2.19. The van der Waals surface area contributed by atoms with Crippen LogP contribution in [0.25, 0.3) is 0 Å². The Bertz CT molecular complexity index is 172. The number of aliphatic hydroxyl groups excluding tert-OH is 1. The van der Waals surface area contributed by atoms with Crippen LogP contribution in [0.4, 0.5) is 0 Å². The van der Waals surface area contributed by atoms with Gasteiger partial charge in [0.05, 0.1) is 12.6 Å². The Hall–Kier alpha value is -0.610. The minimum Gasteiger partial charge on any atom is -0.480 e. The summed E-state index contributed by atoms with van der Waals surface area (Å²) in [5, 5.41) is 17.9. The molecule has 4 heteroatoms. The minimum atomic E-state index is -0.836. The molecule has 0 amide bonds. The summed E-state index contributed by atoms with van der Waals surface area (Å²) in [6, 6.07) is 0.0427. The van der Waals surface area contributed by atoms with Gasteiger partial charge in [-0.2, -0.15) is 0 Å². The molecule has 2 N–H and O–H groups in total. The SMILES string of the molecule is CN(CC(=O)O)C1CCCC1O. The number of hydrogen-bond acceptors (Lipinski definition) is 3. The Morgan fingerprint density at radius 1 is 1.58 bits per heavy atom. The Morgan fingerprint density at radius 2 is 2.25 bits per heavy atom. The molecule has 1 fully saturated rings. The summed E-state index contributed by atoms with van der Waals surface area (Å²) in [7, 11) is 1.74. The molecule has 0 heterocycles. The summed E-state index contributed by atoms with van der Waals surface area (Å²) >= 11 is 0. The van der Waals surface area contributed by atoms with Gasteiger partial charge in [0.15, 0.2) is 0 Å². The summed E-state index contributed by atoms with van der Waals surface area (Å²) < 4.78 is 0. The number of likely N-dealkylation sites (N-methyl/N-ethyl adjacent to an activating group) is 1. The van der Waals surface area contributed by atoms with Crippen molar-refractivity contribution < 1.29 is 15.0 Å². The van der Waals surface area contributed by atoms with Crippen molar-refractivity contribution in [2.75, 3.05) is 13.6 Å². The number of aliphatic hydroxyl groups is 1. The lowest BCUT2D eigenvalue weighted by Gasteiger charge is -2.24. The molecular weight excluding hydrogens is 158 g/mol. The van der Waals surface area contributed by atoms with Crippen LogP contribution in [0.2, 0.25) is 0 Å². The Morgan fingerprint density at radius 3 is 2.67 bits per heavy atom. The highest BCUT2D eigenvalue weighted by Gasteiger charge is 2.29. The fraction of sp³-hybridized carbons (Fsp3) is 0.875. The number of hydrogen-bond donors (Lipinski definition) is 2. The number of carbonyl (C=O) groups is 1. The topological polar surface area (TPSA) is 60.8 Å². The number of nitrogens with zero attached hydrogens (tertiary/aromatic N) is 1. The molecule has 0 aromatic heterocycles. The van der Waals surface area contributed by atoms with E-state index in [1.165, 1.54) is 0 Å². The minimum absolute atomic E-state index is 0.0156. The molecule has 4 nitrogen and oxygen atoms in total. The van der Waals surface area contributed by atoms with Crippen LogP contribution in [0.3, 0.4) is 0 Å². The molecule has 0 bridgehead atoms. The van der Waals surface area contributed by atoms with Gasteiger partial charge >= 0.3 is 5.97 Å². The van der Waals surface area contributed by atoms with Gasteiger partial charge in [0.2, 0.25) is 0 Å². The average Bonchev–Trinajstić information content (AvgIpc) is 2.33. The zero-order valence-electron chi connectivity index (χ0n) is 7.23. The van der Waals surface area contributed by atoms with E-state index < -0.39 is 5.97 Å². The van der Waals surface area contributed by atoms with E-state index >= 15 is 0 Å². The predicted octanol–water partition coefficient (Wildman–Crippen LogP) is -0.0838. The lowest BCUT2D eigenvalue weighted by atomic mass is 10.2. The summed E-state index contributed by atoms with van der Waals surface area (Å²) in [5.41, 5.74) is 0. The van der Waals surface area contributed by atoms with Gasteiger partial charge in [-0.3, -0.25) is 9.69 Å². The van der Waals surface area contributed by atoms with Gasteiger partial charge in [0.1, 0.15) is 0 Å². The molecule has 0 aromatic rings. The van der Waals surface area contributed by atoms with Crippen molar-refractivity contribution >= 4 is 5.97 Å². The normalized spacial score (nSPS) is 29.6. The van der Waals surface area contributed by atoms with Crippen LogP contribution in [0.5, 0.6) is 0 Å². The largest absolute Gasteiger partial charge is 0.480 e. The lowest BCUT2D eigenvalue weighted by Crippen LogP contribution is -2.40. The van der Waals surface area contributed by atoms with Gasteiger partial charge in [0, 0.05) is 6.04 Å². The molecule has 1 saturated carbocycles. The Labute approximate surface area is 71.8 Å². The van der Waals surface area contributed by atoms with Gasteiger partial charge < -0.3 is 10.2 Å². The van der Waals surface area contributed by atoms with E-state index in [-0.39, 0.29) is 18.7 Å². The molecule has 0 aromatic carbocycles. The highest BCUT2D eigenvalue weighted by molar-refractivity contribution is 5.69. The lowest BCUT2D eigenvalue weighted by molar-refractivity contribution is -0.138. The van der Waals surface area contributed by atoms with E-state index in [1.807, 2.05) is 0 Å². The molecule has 0 radical (unpaired) electrons. The van der Waals surface area contributed by atoms with Crippen LogP contribution in [-0.2, 0) is 4.79 Å². The zero-order valence-corrected chi connectivity index (χ0v) is 7.23. The second-order valence-corrected chi connectivity index (χ2v) is 3.37. The van der Waals surface area contributed by atoms with Crippen molar-refractivity contribution in [1.82, 2.24) is 4.90 Å². The zero-order chi connectivity index (χ0) is 9.14. The molecule has 2 unspecified atom stereocenters. The first-order valence-electron chi connectivity index (χ1n) is 4.21. The summed E-state index contributed by atoms with van der Waals surface area (Å²) in [6.07, 6.45) is 2.37. The summed E-state index contributed by atoms with van der Waals surface area (Å²) in [6.45, 7) is 0.0156. The van der Waals surface area contributed by atoms with Crippen LogP contribution in [0, 0.1) is 0 Å². The Balaban J connectivity index is 2.40. The fourth-order valence-corrected chi connectivity index (χ4v) is 1.77. The molecule has 0 saturated heterocycles. The van der Waals surface area contributed by atoms with Gasteiger partial charge in [0.25, 0.3) is 0 Å². The second kappa shape index (κ2) is 3.87. The maximum atomic E-state index is 10.3. The van der Waals surface area contributed by atoms with Crippen LogP contribution < -0.4 is 0 Å². The summed E-state index contributed by atoms with van der Waals surface area (Å²) in [5.74, 6) is -0.836. The van der Waals surface area contributed by atoms with Crippen LogP contribution in [0.1, 0.15) is 19.3 Å². The van der Waals surface area contributed by atoms with Crippen molar-refractivity contribution in [2.24, 2.45) is 0 Å². The molecule has 12 heavy (non-hydrogen) atoms. The van der Waals surface area contributed by atoms with E-state index in [9.17, 15) is 9.90 Å². The molecule has 1 aliphatic rings. The van der Waals surface area contributed by atoms with Crippen LogP contribution in [-0.4, -0.2) is 46.8 Å². The van der Waals surface area contributed by atoms with Crippen molar-refractivity contribution in [1.29, 1.82) is 0 Å². The second-order valence-electron chi connectivity index (χ2n) is 3.37. The number of rotatable bonds is 3. The first-order chi connectivity index (χ1) is 5.61. The molecular formula is C8H15NO3. The summed E-state index contributed by atoms with van der Waals surface area (Å²) in [4.78, 5) is 12.1. The van der Waals surface area contributed by atoms with Gasteiger partial charge in [-0.25, -0.2) is 0 Å². The molecule has 70 valence electrons. The number of aliphatic carboxylic acids is 1. The monoisotopic (exact) mass is 173 g/mol. The predicted molar refractivity (Wildman–Crippen MR) is 43.9 cm³/mol. The van der Waals surface area contributed by atoms with E-state index in [0.717, 1.165) is 19.3 Å². The highest BCUT2D eigenvalue weighted by atomic mass is 16.4. The first kappa shape index (κ1) is 9.48. The van der Waals surface area contributed by atoms with E-state index in [1.54, 1.807) is 11.9 Å². The maximum Gasteiger partial charge on any atom is 0.317 e. The highest BCUT2D eigenvalue weighted by Crippen LogP contribution is 2.22. The molecule has 0 aliphatic heterocycles. The quantitative estimate of drug-likeness (QED) is 0.626. The molecule has 2 atom stereocenters. The Kier molecular flexibility index (Phi) is 3.05. The van der Waals surface area contributed by atoms with E-state index in [4.69, 9.17) is 5.11 Å². The fourth-order valence-electron chi connectivity index (χ4n) is 1.77. The maximum absolute atomic E-state index is 10.3. The first-order valence-corrected chi connectivity index (χ1v) is 4.21. The van der Waals surface area contributed by atoms with Crippen molar-refractivity contribution in [3.05, 3.63) is 0 Å². The van der Waals surface area contributed by atoms with Gasteiger partial charge in [-0.15, -0.1) is 0 Å². The average molecular weight is 173 g/mol. The van der Waals surface area contributed by atoms with Crippen LogP contribution in [0.15, 0.2) is 0 Å². The molecule has 0 spiro atoms. The van der Waals surface area contributed by atoms with Gasteiger partial charge in [-0.1, -0.05) is 0 Å². The number of carboxylic acids is 1. The third-order valence-corrected chi connectivity index (χ3v) is 2.39. The molecule has 1 rings (SSSR count). The molecule has 1 aliphatic carbocycles. The standard InChI is InChI=1S/C8H15NO3/c1-9(5-8(11)12)6-3-2-4-7(6)10/h6-7,10H,2-5H2,1H3,(H,11,12). The number of carboxylic acid groups (broad SMARTS) is 1. The van der Waals surface area contributed by atoms with Crippen molar-refractivity contribution in [3.63, 3.8) is 0 Å². The van der Waals surface area contributed by atoms with Crippen LogP contribution >= 0.6 is 0 Å². The van der Waals surface area contributed by atoms with Gasteiger partial charge in [-0.05, 0) is 26.3 Å². The third-order valence-electron chi connectivity index (χ3n) is 2.39. The smallest absolute Gasteiger partial charge is 0.317 e. The van der Waals surface area contributed by atoms with Crippen molar-refractivity contribution in [2.45, 2.75) is 31.4 Å². The van der Waals surface area contributed by atoms with E-state index in [2.05, 4.69) is 0 Å². The van der Waals surface area contributed by atoms with Crippen molar-refractivity contribution in [3.8, 4) is 0 Å².